The summed E-state index contributed by atoms with van der Waals surface area (Å²) in [5, 5.41) is 0. The lowest BCUT2D eigenvalue weighted by atomic mass is 9.57. The Labute approximate surface area is 100 Å². The second-order valence-corrected chi connectivity index (χ2v) is 7.04. The second-order valence-electron chi connectivity index (χ2n) is 5.93. The van der Waals surface area contributed by atoms with Gasteiger partial charge in [0.05, 0.1) is 4.83 Å². The van der Waals surface area contributed by atoms with E-state index < -0.39 is 0 Å². The molecule has 0 amide bonds. The average Bonchev–Trinajstić information content (AvgIpc) is 2.09. The van der Waals surface area contributed by atoms with E-state index in [1.54, 1.807) is 0 Å². The maximum atomic E-state index is 11.8. The lowest BCUT2D eigenvalue weighted by molar-refractivity contribution is -0.115. The third-order valence-electron chi connectivity index (χ3n) is 4.13. The number of hydrogen-bond acceptors (Lipinski definition) is 1. The van der Waals surface area contributed by atoms with Crippen LogP contribution in [-0.4, -0.2) is 10.6 Å². The number of hydrogen-bond donors (Lipinski definition) is 0. The quantitative estimate of drug-likeness (QED) is 0.611. The zero-order valence-electron chi connectivity index (χ0n) is 9.77. The molecule has 0 N–H and O–H groups in total. The molecule has 0 aromatic heterocycles. The summed E-state index contributed by atoms with van der Waals surface area (Å²) in [6.07, 6.45) is 6.63. The molecule has 2 rings (SSSR count). The lowest BCUT2D eigenvalue weighted by Gasteiger charge is -2.48. The Balaban J connectivity index is 2.45. The van der Waals surface area contributed by atoms with Crippen LogP contribution in [0.3, 0.4) is 0 Å². The monoisotopic (exact) mass is 270 g/mol. The van der Waals surface area contributed by atoms with Gasteiger partial charge in [0.1, 0.15) is 0 Å². The minimum absolute atomic E-state index is 0.0418. The predicted octanol–water partition coefficient (Wildman–Crippen LogP) is 3.87. The van der Waals surface area contributed by atoms with Gasteiger partial charge in [0.25, 0.3) is 0 Å². The number of alkyl halides is 1. The summed E-state index contributed by atoms with van der Waals surface area (Å²) < 4.78 is 0. The fraction of sp³-hybridized carbons (Fsp3) is 0.769. The number of allylic oxidation sites excluding steroid dienone is 2. The molecule has 0 saturated heterocycles. The Hall–Kier alpha value is -0.110. The summed E-state index contributed by atoms with van der Waals surface area (Å²) in [5.41, 5.74) is 1.86. The summed E-state index contributed by atoms with van der Waals surface area (Å²) in [6.45, 7) is 6.87. The van der Waals surface area contributed by atoms with E-state index in [1.165, 1.54) is 24.8 Å². The molecule has 2 atom stereocenters. The van der Waals surface area contributed by atoms with Crippen LogP contribution in [0.2, 0.25) is 0 Å². The Morgan fingerprint density at radius 2 is 2.00 bits per heavy atom. The molecule has 1 nitrogen and oxygen atoms in total. The van der Waals surface area contributed by atoms with Crippen LogP contribution in [-0.2, 0) is 4.79 Å². The minimum Gasteiger partial charge on any atom is -0.294 e. The maximum Gasteiger partial charge on any atom is 0.169 e. The normalized spacial score (nSPS) is 39.6. The highest BCUT2D eigenvalue weighted by Crippen LogP contribution is 2.55. The highest BCUT2D eigenvalue weighted by molar-refractivity contribution is 9.10. The summed E-state index contributed by atoms with van der Waals surface area (Å²) in [5.74, 6) is 0.262. The Morgan fingerprint density at radius 1 is 1.33 bits per heavy atom. The summed E-state index contributed by atoms with van der Waals surface area (Å²) in [6, 6.07) is 0. The smallest absolute Gasteiger partial charge is 0.169 e. The van der Waals surface area contributed by atoms with Crippen molar-refractivity contribution in [2.75, 3.05) is 0 Å². The van der Waals surface area contributed by atoms with Crippen molar-refractivity contribution in [3.8, 4) is 0 Å². The fourth-order valence-electron chi connectivity index (χ4n) is 3.32. The summed E-state index contributed by atoms with van der Waals surface area (Å²) in [4.78, 5) is 11.8. The van der Waals surface area contributed by atoms with Crippen molar-refractivity contribution in [2.24, 2.45) is 10.8 Å². The van der Waals surface area contributed by atoms with Crippen molar-refractivity contribution in [3.05, 3.63) is 11.6 Å². The SMILES string of the molecule is CC1(C)CCC[C@]2(C)C[C@H](Br)C(=O)C=C12. The van der Waals surface area contributed by atoms with Crippen LogP contribution in [0, 0.1) is 10.8 Å². The third kappa shape index (κ3) is 1.82. The van der Waals surface area contributed by atoms with Crippen molar-refractivity contribution < 1.29 is 4.79 Å². The molecule has 0 aliphatic heterocycles. The Bertz CT molecular complexity index is 329. The van der Waals surface area contributed by atoms with Crippen LogP contribution in [0.5, 0.6) is 0 Å². The molecule has 2 heteroatoms. The average molecular weight is 271 g/mol. The Kier molecular flexibility index (Phi) is 2.61. The van der Waals surface area contributed by atoms with Gasteiger partial charge in [-0.15, -0.1) is 0 Å². The first-order chi connectivity index (χ1) is 6.85. The lowest BCUT2D eigenvalue weighted by Crippen LogP contribution is -2.41. The second kappa shape index (κ2) is 3.44. The van der Waals surface area contributed by atoms with Crippen molar-refractivity contribution in [1.29, 1.82) is 0 Å². The van der Waals surface area contributed by atoms with Gasteiger partial charge in [0, 0.05) is 0 Å². The molecular weight excluding hydrogens is 252 g/mol. The van der Waals surface area contributed by atoms with E-state index in [-0.39, 0.29) is 21.4 Å². The number of rotatable bonds is 0. The van der Waals surface area contributed by atoms with Crippen LogP contribution >= 0.6 is 15.9 Å². The molecule has 0 spiro atoms. The minimum atomic E-state index is 0.0418. The molecule has 15 heavy (non-hydrogen) atoms. The summed E-state index contributed by atoms with van der Waals surface area (Å²) >= 11 is 3.49. The molecule has 0 aromatic carbocycles. The van der Waals surface area contributed by atoms with Crippen molar-refractivity contribution in [1.82, 2.24) is 0 Å². The van der Waals surface area contributed by atoms with Crippen LogP contribution < -0.4 is 0 Å². The van der Waals surface area contributed by atoms with Gasteiger partial charge in [-0.2, -0.15) is 0 Å². The van der Waals surface area contributed by atoms with E-state index in [4.69, 9.17) is 0 Å². The molecule has 0 heterocycles. The van der Waals surface area contributed by atoms with Gasteiger partial charge in [-0.05, 0) is 36.2 Å². The molecule has 0 unspecified atom stereocenters. The molecule has 0 bridgehead atoms. The van der Waals surface area contributed by atoms with E-state index in [9.17, 15) is 4.79 Å². The van der Waals surface area contributed by atoms with E-state index in [1.807, 2.05) is 6.08 Å². The third-order valence-corrected chi connectivity index (χ3v) is 4.91. The van der Waals surface area contributed by atoms with Gasteiger partial charge < -0.3 is 0 Å². The molecule has 0 radical (unpaired) electrons. The van der Waals surface area contributed by atoms with Gasteiger partial charge in [0.2, 0.25) is 0 Å². The van der Waals surface area contributed by atoms with Crippen molar-refractivity contribution in [2.45, 2.75) is 51.3 Å². The van der Waals surface area contributed by atoms with Gasteiger partial charge in [-0.25, -0.2) is 0 Å². The molecule has 0 aromatic rings. The number of ketones is 1. The van der Waals surface area contributed by atoms with Crippen molar-refractivity contribution >= 4 is 21.7 Å². The highest BCUT2D eigenvalue weighted by atomic mass is 79.9. The van der Waals surface area contributed by atoms with E-state index in [0.29, 0.717) is 0 Å². The van der Waals surface area contributed by atoms with Gasteiger partial charge in [-0.3, -0.25) is 4.79 Å². The molecular formula is C13H19BrO. The van der Waals surface area contributed by atoms with E-state index in [2.05, 4.69) is 36.7 Å². The zero-order valence-corrected chi connectivity index (χ0v) is 11.4. The number of halogens is 1. The van der Waals surface area contributed by atoms with Crippen molar-refractivity contribution in [3.63, 3.8) is 0 Å². The topological polar surface area (TPSA) is 17.1 Å². The predicted molar refractivity (Wildman–Crippen MR) is 66.2 cm³/mol. The molecule has 2 aliphatic carbocycles. The number of carbonyl (C=O) groups excluding carboxylic acids is 1. The first kappa shape index (κ1) is 11.4. The Morgan fingerprint density at radius 3 is 2.67 bits per heavy atom. The van der Waals surface area contributed by atoms with E-state index >= 15 is 0 Å². The summed E-state index contributed by atoms with van der Waals surface area (Å²) in [7, 11) is 0. The molecule has 1 saturated carbocycles. The van der Waals surface area contributed by atoms with Crippen LogP contribution in [0.25, 0.3) is 0 Å². The molecule has 84 valence electrons. The zero-order chi connectivity index (χ0) is 11.3. The van der Waals surface area contributed by atoms with E-state index in [0.717, 1.165) is 6.42 Å². The first-order valence-electron chi connectivity index (χ1n) is 5.76. The molecule has 1 fully saturated rings. The highest BCUT2D eigenvalue weighted by Gasteiger charge is 2.45. The molecule has 2 aliphatic rings. The number of carbonyl (C=O) groups is 1. The first-order valence-corrected chi connectivity index (χ1v) is 6.67. The van der Waals surface area contributed by atoms with Crippen LogP contribution in [0.1, 0.15) is 46.5 Å². The maximum absolute atomic E-state index is 11.8. The van der Waals surface area contributed by atoms with Crippen LogP contribution in [0.4, 0.5) is 0 Å². The fourth-order valence-corrected chi connectivity index (χ4v) is 4.16. The van der Waals surface area contributed by atoms with Gasteiger partial charge in [-0.1, -0.05) is 48.7 Å². The number of fused-ring (bicyclic) bond motifs is 1. The largest absolute Gasteiger partial charge is 0.294 e. The standard InChI is InChI=1S/C13H19BrO/c1-12(2)5-4-6-13(3)8-9(14)10(15)7-11(12)13/h7,9H,4-6,8H2,1-3H3/t9-,13+/m0/s1. The van der Waals surface area contributed by atoms with Crippen LogP contribution in [0.15, 0.2) is 11.6 Å². The van der Waals surface area contributed by atoms with Gasteiger partial charge >= 0.3 is 0 Å². The van der Waals surface area contributed by atoms with Gasteiger partial charge in [0.15, 0.2) is 5.78 Å².